The van der Waals surface area contributed by atoms with E-state index in [-0.39, 0.29) is 30.1 Å². The summed E-state index contributed by atoms with van der Waals surface area (Å²) >= 11 is 4.01. The SMILES string of the molecule is COc1ccc(C(OC[C@H]2O[C@@H](n3cnc4c(=O)[nH]c(N)nc43)C[C@@H]2O[P+](=O)S)(c2ccccc2)c2ccc(OC)cc2)cc1. The minimum absolute atomic E-state index is 0.0217. The molecule has 1 aliphatic heterocycles. The smallest absolute Gasteiger partial charge is 0.497 e. The lowest BCUT2D eigenvalue weighted by molar-refractivity contribution is -0.0894. The van der Waals surface area contributed by atoms with Gasteiger partial charge in [0.15, 0.2) is 11.2 Å². The number of imidazole rings is 1. The van der Waals surface area contributed by atoms with Gasteiger partial charge in [-0.15, -0.1) is 4.52 Å². The Bertz CT molecular complexity index is 1800. The lowest BCUT2D eigenvalue weighted by Gasteiger charge is -2.37. The third-order valence-corrected chi connectivity index (χ3v) is 8.54. The predicted molar refractivity (Wildman–Crippen MR) is 171 cm³/mol. The molecule has 1 aliphatic rings. The minimum Gasteiger partial charge on any atom is -0.497 e. The van der Waals surface area contributed by atoms with E-state index in [1.165, 1.54) is 6.33 Å². The Balaban J connectivity index is 1.41. The van der Waals surface area contributed by atoms with Crippen LogP contribution in [0.4, 0.5) is 5.95 Å². The molecule has 232 valence electrons. The Hall–Kier alpha value is -4.26. The van der Waals surface area contributed by atoms with E-state index in [9.17, 15) is 9.36 Å². The van der Waals surface area contributed by atoms with Gasteiger partial charge in [-0.25, -0.2) is 4.98 Å². The van der Waals surface area contributed by atoms with Gasteiger partial charge in [0.1, 0.15) is 47.8 Å². The van der Waals surface area contributed by atoms with Gasteiger partial charge >= 0.3 is 7.23 Å². The van der Waals surface area contributed by atoms with Crippen LogP contribution in [-0.2, 0) is 24.2 Å². The first kappa shape index (κ1) is 30.8. The summed E-state index contributed by atoms with van der Waals surface area (Å²) in [5.74, 6) is 1.35. The van der Waals surface area contributed by atoms with Crippen LogP contribution in [0.3, 0.4) is 0 Å². The Labute approximate surface area is 264 Å². The van der Waals surface area contributed by atoms with Gasteiger partial charge in [-0.2, -0.15) is 4.98 Å². The van der Waals surface area contributed by atoms with Crippen LogP contribution in [0.15, 0.2) is 90.0 Å². The third-order valence-electron chi connectivity index (χ3n) is 7.80. The molecule has 1 fully saturated rings. The molecule has 2 aromatic heterocycles. The fourth-order valence-electron chi connectivity index (χ4n) is 5.68. The number of nitrogen functional groups attached to an aromatic ring is 1. The number of rotatable bonds is 11. The van der Waals surface area contributed by atoms with Crippen molar-refractivity contribution in [3.63, 3.8) is 0 Å². The van der Waals surface area contributed by atoms with Crippen LogP contribution >= 0.6 is 19.5 Å². The van der Waals surface area contributed by atoms with Crippen LogP contribution < -0.4 is 20.8 Å². The van der Waals surface area contributed by atoms with Gasteiger partial charge < -0.3 is 24.7 Å². The first-order valence-electron chi connectivity index (χ1n) is 14.0. The zero-order valence-electron chi connectivity index (χ0n) is 24.4. The monoisotopic (exact) mass is 648 g/mol. The first-order valence-corrected chi connectivity index (χ1v) is 16.3. The van der Waals surface area contributed by atoms with E-state index in [1.54, 1.807) is 18.8 Å². The topological polar surface area (TPSA) is 153 Å². The molecule has 5 aromatic rings. The Morgan fingerprint density at radius 2 is 1.60 bits per heavy atom. The molecule has 0 spiro atoms. The molecule has 0 bridgehead atoms. The number of aromatic nitrogens is 4. The van der Waals surface area contributed by atoms with Crippen molar-refractivity contribution >= 4 is 36.6 Å². The molecule has 3 N–H and O–H groups in total. The number of hydrogen-bond donors (Lipinski definition) is 3. The van der Waals surface area contributed by atoms with Gasteiger partial charge in [-0.05, 0) is 45.5 Å². The molecule has 12 nitrogen and oxygen atoms in total. The fraction of sp³-hybridized carbons (Fsp3) is 0.258. The largest absolute Gasteiger partial charge is 0.582 e. The summed E-state index contributed by atoms with van der Waals surface area (Å²) in [7, 11) is 0.953. The maximum Gasteiger partial charge on any atom is 0.582 e. The molecule has 0 aliphatic carbocycles. The van der Waals surface area contributed by atoms with Crippen molar-refractivity contribution in [3.8, 4) is 11.5 Å². The molecular weight excluding hydrogens is 617 g/mol. The fourth-order valence-corrected chi connectivity index (χ4v) is 6.50. The molecule has 14 heteroatoms. The predicted octanol–water partition coefficient (Wildman–Crippen LogP) is 4.99. The maximum atomic E-state index is 12.4. The Morgan fingerprint density at radius 3 is 2.18 bits per heavy atom. The van der Waals surface area contributed by atoms with Crippen LogP contribution in [0.1, 0.15) is 29.3 Å². The molecule has 1 unspecified atom stereocenters. The van der Waals surface area contributed by atoms with Crippen LogP contribution in [0, 0.1) is 0 Å². The van der Waals surface area contributed by atoms with Crippen LogP contribution in [0.2, 0.25) is 0 Å². The van der Waals surface area contributed by atoms with E-state index in [2.05, 4.69) is 27.2 Å². The van der Waals surface area contributed by atoms with Crippen molar-refractivity contribution in [1.82, 2.24) is 19.5 Å². The highest BCUT2D eigenvalue weighted by Gasteiger charge is 2.45. The highest BCUT2D eigenvalue weighted by atomic mass is 32.7. The summed E-state index contributed by atoms with van der Waals surface area (Å²) in [4.78, 5) is 23.3. The number of ether oxygens (including phenoxy) is 4. The van der Waals surface area contributed by atoms with Crippen LogP contribution in [-0.4, -0.2) is 52.6 Å². The van der Waals surface area contributed by atoms with Gasteiger partial charge in [-0.3, -0.25) is 14.3 Å². The highest BCUT2D eigenvalue weighted by Crippen LogP contribution is 2.44. The van der Waals surface area contributed by atoms with E-state index in [4.69, 9.17) is 29.2 Å². The van der Waals surface area contributed by atoms with Crippen LogP contribution in [0.25, 0.3) is 11.2 Å². The summed E-state index contributed by atoms with van der Waals surface area (Å²) in [5, 5.41) is 0. The van der Waals surface area contributed by atoms with Crippen molar-refractivity contribution < 1.29 is 28.0 Å². The van der Waals surface area contributed by atoms with E-state index >= 15 is 0 Å². The maximum absolute atomic E-state index is 12.4. The molecule has 0 saturated carbocycles. The van der Waals surface area contributed by atoms with Gasteiger partial charge in [0.25, 0.3) is 5.56 Å². The van der Waals surface area contributed by atoms with Gasteiger partial charge in [-0.1, -0.05) is 54.6 Å². The quantitative estimate of drug-likeness (QED) is 0.101. The van der Waals surface area contributed by atoms with Gasteiger partial charge in [0, 0.05) is 6.42 Å². The lowest BCUT2D eigenvalue weighted by atomic mass is 9.80. The lowest BCUT2D eigenvalue weighted by Crippen LogP contribution is -2.38. The number of H-pyrrole nitrogens is 1. The highest BCUT2D eigenvalue weighted by molar-refractivity contribution is 8.39. The third kappa shape index (κ3) is 6.05. The van der Waals surface area contributed by atoms with E-state index < -0.39 is 36.8 Å². The summed E-state index contributed by atoms with van der Waals surface area (Å²) < 4.78 is 43.9. The van der Waals surface area contributed by atoms with E-state index in [0.29, 0.717) is 11.5 Å². The molecule has 6 rings (SSSR count). The molecule has 0 amide bonds. The van der Waals surface area contributed by atoms with Gasteiger partial charge in [0.05, 0.1) is 27.2 Å². The zero-order chi connectivity index (χ0) is 31.6. The number of benzene rings is 3. The van der Waals surface area contributed by atoms with Crippen molar-refractivity contribution in [2.75, 3.05) is 26.6 Å². The molecule has 45 heavy (non-hydrogen) atoms. The number of fused-ring (bicyclic) bond motifs is 1. The molecule has 3 aromatic carbocycles. The Morgan fingerprint density at radius 1 is 1.00 bits per heavy atom. The zero-order valence-corrected chi connectivity index (χ0v) is 26.2. The van der Waals surface area contributed by atoms with Gasteiger partial charge in [0.2, 0.25) is 5.95 Å². The summed E-state index contributed by atoms with van der Waals surface area (Å²) in [6.45, 7) is 0.0217. The average molecular weight is 649 g/mol. The summed E-state index contributed by atoms with van der Waals surface area (Å²) in [5.41, 5.74) is 7.16. The molecule has 4 atom stereocenters. The number of nitrogens with one attached hydrogen (secondary N) is 1. The number of aromatic amines is 1. The number of nitrogens with zero attached hydrogens (tertiary/aromatic N) is 3. The molecule has 0 radical (unpaired) electrons. The minimum atomic E-state index is -2.28. The number of methoxy groups -OCH3 is 2. The first-order chi connectivity index (χ1) is 21.8. The standard InChI is InChI=1S/C31H30N5O7PS/c1-39-22-12-8-20(9-13-22)31(19-6-4-3-5-7-19,21-10-14-23(40-2)15-11-21)41-17-25-24(43-44(38)45)16-26(42-25)36-18-33-27-28(36)34-30(32)35-29(27)37/h3-15,18,24-26H,16-17H2,1-2H3,(H3-,32,34,35,37,38,45)/p+1/t24-,25+,26+/m0/s1. The second-order valence-corrected chi connectivity index (χ2v) is 12.0. The second-order valence-electron chi connectivity index (χ2n) is 10.3. The Kier molecular flexibility index (Phi) is 8.88. The van der Waals surface area contributed by atoms with Crippen molar-refractivity contribution in [2.24, 2.45) is 0 Å². The second kappa shape index (κ2) is 13.0. The number of anilines is 1. The molecule has 3 heterocycles. The van der Waals surface area contributed by atoms with Crippen molar-refractivity contribution in [3.05, 3.63) is 112 Å². The molecular formula is C31H31N5O7PS+. The number of hydrogen-bond acceptors (Lipinski definition) is 10. The normalized spacial score (nSPS) is 18.6. The number of thiol groups is 1. The van der Waals surface area contributed by atoms with Crippen LogP contribution in [0.5, 0.6) is 11.5 Å². The van der Waals surface area contributed by atoms with E-state index in [1.807, 2.05) is 78.9 Å². The van der Waals surface area contributed by atoms with Crippen molar-refractivity contribution in [1.29, 1.82) is 0 Å². The molecule has 1 saturated heterocycles. The summed E-state index contributed by atoms with van der Waals surface area (Å²) in [6, 6.07) is 25.2. The van der Waals surface area contributed by atoms with E-state index in [0.717, 1.165) is 16.7 Å². The van der Waals surface area contributed by atoms with Crippen molar-refractivity contribution in [2.45, 2.75) is 30.5 Å². The average Bonchev–Trinajstić information content (AvgIpc) is 3.66. The number of nitrogens with two attached hydrogens (primary N) is 1. The summed E-state index contributed by atoms with van der Waals surface area (Å²) in [6.07, 6.45) is -0.316.